The number of nitrogens with one attached hydrogen (secondary N) is 1. The summed E-state index contributed by atoms with van der Waals surface area (Å²) < 4.78 is 5.16. The summed E-state index contributed by atoms with van der Waals surface area (Å²) in [4.78, 5) is 8.64. The zero-order valence-electron chi connectivity index (χ0n) is 10.7. The summed E-state index contributed by atoms with van der Waals surface area (Å²) in [5, 5.41) is 13.6. The fourth-order valence-corrected chi connectivity index (χ4v) is 2.47. The maximum Gasteiger partial charge on any atom is 0.219 e. The van der Waals surface area contributed by atoms with E-state index in [0.29, 0.717) is 17.1 Å². The van der Waals surface area contributed by atoms with E-state index in [2.05, 4.69) is 15.3 Å². The first kappa shape index (κ1) is 13.4. The molecule has 1 saturated carbocycles. The molecular weight excluding hydrogens is 250 g/mol. The Labute approximate surface area is 111 Å². The summed E-state index contributed by atoms with van der Waals surface area (Å²) in [5.74, 6) is 1.38. The van der Waals surface area contributed by atoms with Crippen molar-refractivity contribution < 1.29 is 9.84 Å². The third-order valence-corrected chi connectivity index (χ3v) is 3.67. The van der Waals surface area contributed by atoms with Gasteiger partial charge < -0.3 is 15.2 Å². The SMILES string of the molecule is COc1cc(NC2CCC(O)CC2)nc(SC)n1. The third kappa shape index (κ3) is 3.49. The Morgan fingerprint density at radius 2 is 2.06 bits per heavy atom. The Kier molecular flexibility index (Phi) is 4.66. The number of aliphatic hydroxyl groups excluding tert-OH is 1. The summed E-state index contributed by atoms with van der Waals surface area (Å²) in [5.41, 5.74) is 0. The fourth-order valence-electron chi connectivity index (χ4n) is 2.10. The molecule has 0 amide bonds. The van der Waals surface area contributed by atoms with Gasteiger partial charge in [0.1, 0.15) is 5.82 Å². The zero-order chi connectivity index (χ0) is 13.0. The molecule has 5 nitrogen and oxygen atoms in total. The second-order valence-corrected chi connectivity index (χ2v) is 5.21. The number of thioether (sulfide) groups is 1. The highest BCUT2D eigenvalue weighted by atomic mass is 32.2. The van der Waals surface area contributed by atoms with E-state index in [1.54, 1.807) is 7.11 Å². The molecule has 1 aromatic rings. The lowest BCUT2D eigenvalue weighted by Gasteiger charge is -2.26. The van der Waals surface area contributed by atoms with Crippen molar-refractivity contribution in [2.45, 2.75) is 43.0 Å². The minimum atomic E-state index is -0.134. The van der Waals surface area contributed by atoms with Crippen molar-refractivity contribution in [1.29, 1.82) is 0 Å². The normalized spacial score (nSPS) is 23.7. The number of aliphatic hydroxyl groups is 1. The van der Waals surface area contributed by atoms with Crippen LogP contribution >= 0.6 is 11.8 Å². The van der Waals surface area contributed by atoms with Crippen LogP contribution in [0, 0.1) is 0 Å². The monoisotopic (exact) mass is 269 g/mol. The van der Waals surface area contributed by atoms with Crippen LogP contribution < -0.4 is 10.1 Å². The van der Waals surface area contributed by atoms with Gasteiger partial charge in [-0.25, -0.2) is 4.98 Å². The van der Waals surface area contributed by atoms with Crippen molar-refractivity contribution >= 4 is 17.6 Å². The molecule has 0 aromatic carbocycles. The zero-order valence-corrected chi connectivity index (χ0v) is 11.5. The molecule has 0 unspecified atom stereocenters. The van der Waals surface area contributed by atoms with Crippen LogP contribution in [0.15, 0.2) is 11.2 Å². The summed E-state index contributed by atoms with van der Waals surface area (Å²) in [6, 6.07) is 2.19. The summed E-state index contributed by atoms with van der Waals surface area (Å²) in [7, 11) is 1.60. The van der Waals surface area contributed by atoms with Gasteiger partial charge in [0.05, 0.1) is 13.2 Å². The number of aromatic nitrogens is 2. The van der Waals surface area contributed by atoms with Gasteiger partial charge in [-0.1, -0.05) is 11.8 Å². The number of anilines is 1. The Morgan fingerprint density at radius 1 is 1.33 bits per heavy atom. The molecular formula is C12H19N3O2S. The van der Waals surface area contributed by atoms with E-state index in [4.69, 9.17) is 4.74 Å². The Hall–Kier alpha value is -1.01. The van der Waals surface area contributed by atoms with Crippen LogP contribution in [0.4, 0.5) is 5.82 Å². The topological polar surface area (TPSA) is 67.3 Å². The minimum Gasteiger partial charge on any atom is -0.481 e. The van der Waals surface area contributed by atoms with Gasteiger partial charge in [0.25, 0.3) is 0 Å². The van der Waals surface area contributed by atoms with Crippen LogP contribution in [-0.4, -0.2) is 40.6 Å². The number of methoxy groups -OCH3 is 1. The van der Waals surface area contributed by atoms with Gasteiger partial charge in [-0.15, -0.1) is 0 Å². The summed E-state index contributed by atoms with van der Waals surface area (Å²) in [6.45, 7) is 0. The van der Waals surface area contributed by atoms with Crippen LogP contribution in [0.3, 0.4) is 0 Å². The van der Waals surface area contributed by atoms with Crippen molar-refractivity contribution in [2.24, 2.45) is 0 Å². The van der Waals surface area contributed by atoms with E-state index in [0.717, 1.165) is 31.5 Å². The average molecular weight is 269 g/mol. The summed E-state index contributed by atoms with van der Waals surface area (Å²) >= 11 is 1.49. The number of hydrogen-bond acceptors (Lipinski definition) is 6. The molecule has 2 N–H and O–H groups in total. The van der Waals surface area contributed by atoms with Crippen LogP contribution in [0.25, 0.3) is 0 Å². The average Bonchev–Trinajstić information content (AvgIpc) is 2.41. The molecule has 1 aliphatic rings. The highest BCUT2D eigenvalue weighted by Crippen LogP contribution is 2.24. The molecule has 6 heteroatoms. The van der Waals surface area contributed by atoms with Crippen LogP contribution in [0.2, 0.25) is 0 Å². The second-order valence-electron chi connectivity index (χ2n) is 4.43. The van der Waals surface area contributed by atoms with E-state index in [-0.39, 0.29) is 6.10 Å². The van der Waals surface area contributed by atoms with Gasteiger partial charge in [-0.2, -0.15) is 4.98 Å². The Morgan fingerprint density at radius 3 is 2.67 bits per heavy atom. The molecule has 0 bridgehead atoms. The number of rotatable bonds is 4. The van der Waals surface area contributed by atoms with E-state index >= 15 is 0 Å². The van der Waals surface area contributed by atoms with E-state index in [1.807, 2.05) is 12.3 Å². The van der Waals surface area contributed by atoms with Crippen LogP contribution in [-0.2, 0) is 0 Å². The molecule has 1 aliphatic carbocycles. The molecule has 1 aromatic heterocycles. The number of hydrogen-bond donors (Lipinski definition) is 2. The first-order chi connectivity index (χ1) is 8.71. The first-order valence-electron chi connectivity index (χ1n) is 6.13. The maximum absolute atomic E-state index is 9.48. The van der Waals surface area contributed by atoms with E-state index in [1.165, 1.54) is 11.8 Å². The van der Waals surface area contributed by atoms with E-state index < -0.39 is 0 Å². The smallest absolute Gasteiger partial charge is 0.219 e. The molecule has 0 aliphatic heterocycles. The molecule has 100 valence electrons. The van der Waals surface area contributed by atoms with E-state index in [9.17, 15) is 5.11 Å². The summed E-state index contributed by atoms with van der Waals surface area (Å²) in [6.07, 6.45) is 5.47. The predicted octanol–water partition coefficient (Wildman–Crippen LogP) is 1.92. The standard InChI is InChI=1S/C12H19N3O2S/c1-17-11-7-10(14-12(15-11)18-2)13-8-3-5-9(16)6-4-8/h7-9,16H,3-6H2,1-2H3,(H,13,14,15). The fraction of sp³-hybridized carbons (Fsp3) is 0.667. The molecule has 0 radical (unpaired) electrons. The number of nitrogens with zero attached hydrogens (tertiary/aromatic N) is 2. The van der Waals surface area contributed by atoms with Gasteiger partial charge in [0.2, 0.25) is 5.88 Å². The molecule has 0 spiro atoms. The minimum absolute atomic E-state index is 0.134. The Balaban J connectivity index is 2.03. The largest absolute Gasteiger partial charge is 0.481 e. The van der Waals surface area contributed by atoms with Crippen LogP contribution in [0.5, 0.6) is 5.88 Å². The lowest BCUT2D eigenvalue weighted by atomic mass is 9.93. The quantitative estimate of drug-likeness (QED) is 0.643. The van der Waals surface area contributed by atoms with Crippen molar-refractivity contribution in [2.75, 3.05) is 18.7 Å². The maximum atomic E-state index is 9.48. The van der Waals surface area contributed by atoms with Gasteiger partial charge in [0.15, 0.2) is 5.16 Å². The molecule has 0 atom stereocenters. The molecule has 1 heterocycles. The van der Waals surface area contributed by atoms with Crippen molar-refractivity contribution in [3.05, 3.63) is 6.07 Å². The lowest BCUT2D eigenvalue weighted by molar-refractivity contribution is 0.126. The number of ether oxygens (including phenoxy) is 1. The van der Waals surface area contributed by atoms with Gasteiger partial charge in [-0.05, 0) is 31.9 Å². The third-order valence-electron chi connectivity index (χ3n) is 3.12. The highest BCUT2D eigenvalue weighted by molar-refractivity contribution is 7.98. The molecule has 0 saturated heterocycles. The molecule has 2 rings (SSSR count). The Bertz CT molecular complexity index is 373. The second kappa shape index (κ2) is 6.24. The molecule has 1 fully saturated rings. The van der Waals surface area contributed by atoms with Gasteiger partial charge in [-0.3, -0.25) is 0 Å². The van der Waals surface area contributed by atoms with Gasteiger partial charge >= 0.3 is 0 Å². The van der Waals surface area contributed by atoms with Crippen LogP contribution in [0.1, 0.15) is 25.7 Å². The van der Waals surface area contributed by atoms with Gasteiger partial charge in [0, 0.05) is 12.1 Å². The lowest BCUT2D eigenvalue weighted by Crippen LogP contribution is -2.28. The van der Waals surface area contributed by atoms with Crippen molar-refractivity contribution in [3.63, 3.8) is 0 Å². The van der Waals surface area contributed by atoms with Crippen molar-refractivity contribution in [1.82, 2.24) is 9.97 Å². The highest BCUT2D eigenvalue weighted by Gasteiger charge is 2.19. The predicted molar refractivity (Wildman–Crippen MR) is 72.3 cm³/mol. The van der Waals surface area contributed by atoms with Crippen molar-refractivity contribution in [3.8, 4) is 5.88 Å². The first-order valence-corrected chi connectivity index (χ1v) is 7.35. The molecule has 18 heavy (non-hydrogen) atoms.